The summed E-state index contributed by atoms with van der Waals surface area (Å²) in [6, 6.07) is 5.70. The van der Waals surface area contributed by atoms with Crippen molar-refractivity contribution in [3.05, 3.63) is 28.8 Å². The molecule has 0 radical (unpaired) electrons. The van der Waals surface area contributed by atoms with E-state index in [4.69, 9.17) is 16.9 Å². The van der Waals surface area contributed by atoms with Crippen molar-refractivity contribution in [1.82, 2.24) is 5.32 Å². The molecule has 0 aliphatic carbocycles. The number of halogens is 1. The highest BCUT2D eigenvalue weighted by Gasteiger charge is 2.36. The molecule has 112 valence electrons. The molecule has 0 saturated carbocycles. The van der Waals surface area contributed by atoms with Crippen LogP contribution in [0.5, 0.6) is 0 Å². The summed E-state index contributed by atoms with van der Waals surface area (Å²) in [6.45, 7) is 3.38. The lowest BCUT2D eigenvalue weighted by molar-refractivity contribution is -0.144. The monoisotopic (exact) mass is 309 g/mol. The molecule has 0 aliphatic rings. The van der Waals surface area contributed by atoms with Gasteiger partial charge in [0.05, 0.1) is 10.6 Å². The minimum Gasteiger partial charge on any atom is -0.480 e. The van der Waals surface area contributed by atoms with Crippen molar-refractivity contribution in [2.24, 2.45) is 0 Å². The number of urea groups is 1. The molecular formula is C14H16ClN3O3. The number of rotatable bonds is 5. The van der Waals surface area contributed by atoms with Gasteiger partial charge in [-0.25, -0.2) is 9.59 Å². The molecule has 0 bridgehead atoms. The summed E-state index contributed by atoms with van der Waals surface area (Å²) in [4.78, 5) is 23.2. The minimum atomic E-state index is -1.31. The zero-order chi connectivity index (χ0) is 16.0. The van der Waals surface area contributed by atoms with E-state index in [1.807, 2.05) is 6.07 Å². The number of nitrogens with zero attached hydrogens (tertiary/aromatic N) is 1. The van der Waals surface area contributed by atoms with Gasteiger partial charge in [0.25, 0.3) is 0 Å². The molecule has 0 fully saturated rings. The van der Waals surface area contributed by atoms with Gasteiger partial charge in [0.15, 0.2) is 0 Å². The van der Waals surface area contributed by atoms with E-state index in [2.05, 4.69) is 10.6 Å². The molecule has 6 nitrogen and oxygen atoms in total. The van der Waals surface area contributed by atoms with E-state index in [-0.39, 0.29) is 17.9 Å². The van der Waals surface area contributed by atoms with E-state index in [1.54, 1.807) is 13.8 Å². The molecule has 1 rings (SSSR count). The third kappa shape index (κ3) is 3.86. The largest absolute Gasteiger partial charge is 0.480 e. The van der Waals surface area contributed by atoms with Gasteiger partial charge < -0.3 is 15.7 Å². The zero-order valence-corrected chi connectivity index (χ0v) is 12.5. The number of nitriles is 1. The lowest BCUT2D eigenvalue weighted by Crippen LogP contribution is -2.54. The van der Waals surface area contributed by atoms with Crippen LogP contribution in [-0.2, 0) is 4.79 Å². The van der Waals surface area contributed by atoms with Gasteiger partial charge >= 0.3 is 12.0 Å². The van der Waals surface area contributed by atoms with Crippen LogP contribution in [0.4, 0.5) is 10.5 Å². The van der Waals surface area contributed by atoms with Crippen LogP contribution in [0.15, 0.2) is 18.2 Å². The Morgan fingerprint density at radius 3 is 2.43 bits per heavy atom. The Labute approximate surface area is 127 Å². The lowest BCUT2D eigenvalue weighted by atomic mass is 9.93. The third-order valence-electron chi connectivity index (χ3n) is 3.32. The molecule has 21 heavy (non-hydrogen) atoms. The van der Waals surface area contributed by atoms with Crippen molar-refractivity contribution in [1.29, 1.82) is 5.26 Å². The van der Waals surface area contributed by atoms with Crippen molar-refractivity contribution in [3.63, 3.8) is 0 Å². The Balaban J connectivity index is 2.84. The first-order chi connectivity index (χ1) is 9.88. The van der Waals surface area contributed by atoms with Crippen LogP contribution in [0.3, 0.4) is 0 Å². The molecule has 0 aromatic heterocycles. The number of carbonyl (C=O) groups excluding carboxylic acids is 1. The summed E-state index contributed by atoms with van der Waals surface area (Å²) in [5, 5.41) is 23.2. The maximum atomic E-state index is 11.9. The maximum Gasteiger partial charge on any atom is 0.329 e. The van der Waals surface area contributed by atoms with Gasteiger partial charge in [0.1, 0.15) is 11.6 Å². The van der Waals surface area contributed by atoms with Crippen LogP contribution in [0.2, 0.25) is 5.02 Å². The summed E-state index contributed by atoms with van der Waals surface area (Å²) < 4.78 is 0. The summed E-state index contributed by atoms with van der Waals surface area (Å²) in [7, 11) is 0. The van der Waals surface area contributed by atoms with Crippen LogP contribution in [-0.4, -0.2) is 22.6 Å². The second-order valence-corrected chi connectivity index (χ2v) is 4.89. The Kier molecular flexibility index (Phi) is 5.56. The normalized spacial score (nSPS) is 10.6. The molecule has 0 saturated heterocycles. The predicted octanol–water partition coefficient (Wildman–Crippen LogP) is 2.98. The van der Waals surface area contributed by atoms with Crippen LogP contribution in [0, 0.1) is 11.3 Å². The molecule has 0 atom stereocenters. The Hall–Kier alpha value is -2.26. The summed E-state index contributed by atoms with van der Waals surface area (Å²) in [5.41, 5.74) is -0.631. The standard InChI is InChI=1S/C14H16ClN3O3/c1-3-14(4-2,12(19)20)18-13(21)17-10-6-5-9(8-16)11(15)7-10/h5-7H,3-4H2,1-2H3,(H,19,20)(H2,17,18,21). The molecule has 7 heteroatoms. The van der Waals surface area contributed by atoms with Crippen molar-refractivity contribution in [2.45, 2.75) is 32.2 Å². The topological polar surface area (TPSA) is 102 Å². The number of anilines is 1. The molecule has 1 aromatic carbocycles. The van der Waals surface area contributed by atoms with E-state index in [0.29, 0.717) is 11.3 Å². The second-order valence-electron chi connectivity index (χ2n) is 4.48. The number of amides is 2. The quantitative estimate of drug-likeness (QED) is 0.778. The molecule has 0 unspecified atom stereocenters. The molecule has 0 heterocycles. The van der Waals surface area contributed by atoms with Gasteiger partial charge in [-0.05, 0) is 31.0 Å². The van der Waals surface area contributed by atoms with Gasteiger partial charge in [-0.2, -0.15) is 5.26 Å². The minimum absolute atomic E-state index is 0.214. The van der Waals surface area contributed by atoms with E-state index in [1.165, 1.54) is 18.2 Å². The van der Waals surface area contributed by atoms with Crippen LogP contribution in [0.25, 0.3) is 0 Å². The summed E-state index contributed by atoms with van der Waals surface area (Å²) in [6.07, 6.45) is 0.529. The van der Waals surface area contributed by atoms with Crippen LogP contribution >= 0.6 is 11.6 Å². The third-order valence-corrected chi connectivity index (χ3v) is 3.63. The van der Waals surface area contributed by atoms with Crippen molar-refractivity contribution in [2.75, 3.05) is 5.32 Å². The predicted molar refractivity (Wildman–Crippen MR) is 79.3 cm³/mol. The summed E-state index contributed by atoms with van der Waals surface area (Å²) in [5.74, 6) is -1.08. The first kappa shape index (κ1) is 16.8. The van der Waals surface area contributed by atoms with Gasteiger partial charge in [0.2, 0.25) is 0 Å². The second kappa shape index (κ2) is 6.95. The molecule has 1 aromatic rings. The SMILES string of the molecule is CCC(CC)(NC(=O)Nc1ccc(C#N)c(Cl)c1)C(=O)O. The van der Waals surface area contributed by atoms with E-state index < -0.39 is 17.5 Å². The molecule has 0 aliphatic heterocycles. The van der Waals surface area contributed by atoms with Crippen LogP contribution < -0.4 is 10.6 Å². The number of carboxylic acids is 1. The highest BCUT2D eigenvalue weighted by atomic mass is 35.5. The van der Waals surface area contributed by atoms with Crippen LogP contribution in [0.1, 0.15) is 32.3 Å². The van der Waals surface area contributed by atoms with Crippen molar-refractivity contribution < 1.29 is 14.7 Å². The Morgan fingerprint density at radius 2 is 2.00 bits per heavy atom. The van der Waals surface area contributed by atoms with Crippen molar-refractivity contribution in [3.8, 4) is 6.07 Å². The average molecular weight is 310 g/mol. The molecule has 2 amide bonds. The number of benzene rings is 1. The number of nitrogens with one attached hydrogen (secondary N) is 2. The number of carbonyl (C=O) groups is 2. The fraction of sp³-hybridized carbons (Fsp3) is 0.357. The Bertz CT molecular complexity index is 592. The highest BCUT2D eigenvalue weighted by Crippen LogP contribution is 2.21. The Morgan fingerprint density at radius 1 is 1.38 bits per heavy atom. The lowest BCUT2D eigenvalue weighted by Gasteiger charge is -2.28. The van der Waals surface area contributed by atoms with Crippen molar-refractivity contribution >= 4 is 29.3 Å². The highest BCUT2D eigenvalue weighted by molar-refractivity contribution is 6.32. The number of carboxylic acid groups (broad SMARTS) is 1. The first-order valence-electron chi connectivity index (χ1n) is 6.40. The van der Waals surface area contributed by atoms with Gasteiger partial charge in [0, 0.05) is 5.69 Å². The van der Waals surface area contributed by atoms with E-state index in [0.717, 1.165) is 0 Å². The molecular weight excluding hydrogens is 294 g/mol. The fourth-order valence-electron chi connectivity index (χ4n) is 1.85. The number of hydrogen-bond acceptors (Lipinski definition) is 3. The smallest absolute Gasteiger partial charge is 0.329 e. The maximum absolute atomic E-state index is 11.9. The van der Waals surface area contributed by atoms with E-state index >= 15 is 0 Å². The molecule has 0 spiro atoms. The zero-order valence-electron chi connectivity index (χ0n) is 11.7. The molecule has 3 N–H and O–H groups in total. The van der Waals surface area contributed by atoms with E-state index in [9.17, 15) is 14.7 Å². The van der Waals surface area contributed by atoms with Gasteiger partial charge in [-0.1, -0.05) is 25.4 Å². The number of hydrogen-bond donors (Lipinski definition) is 3. The summed E-state index contributed by atoms with van der Waals surface area (Å²) >= 11 is 5.86. The first-order valence-corrected chi connectivity index (χ1v) is 6.78. The fourth-order valence-corrected chi connectivity index (χ4v) is 2.07. The van der Waals surface area contributed by atoms with Gasteiger partial charge in [-0.3, -0.25) is 0 Å². The number of aliphatic carboxylic acids is 1. The average Bonchev–Trinajstić information content (AvgIpc) is 2.44. The van der Waals surface area contributed by atoms with Gasteiger partial charge in [-0.15, -0.1) is 0 Å².